The Bertz CT molecular complexity index is 599. The third-order valence-electron chi connectivity index (χ3n) is 2.99. The highest BCUT2D eigenvalue weighted by atomic mass is 35.5. The zero-order chi connectivity index (χ0) is 14.0. The Kier molecular flexibility index (Phi) is 4.27. The molecule has 0 aliphatic carbocycles. The van der Waals surface area contributed by atoms with Gasteiger partial charge in [0, 0.05) is 5.02 Å². The van der Waals surface area contributed by atoms with E-state index in [9.17, 15) is 0 Å². The van der Waals surface area contributed by atoms with Gasteiger partial charge in [-0.25, -0.2) is 9.97 Å². The van der Waals surface area contributed by atoms with E-state index >= 15 is 0 Å². The molecule has 5 heteroatoms. The maximum Gasteiger partial charge on any atom is 0.171 e. The maximum atomic E-state index is 6.17. The van der Waals surface area contributed by atoms with Crippen molar-refractivity contribution < 1.29 is 0 Å². The van der Waals surface area contributed by atoms with E-state index in [4.69, 9.17) is 23.2 Å². The fraction of sp³-hybridized carbons (Fsp3) is 0.286. The predicted octanol–water partition coefficient (Wildman–Crippen LogP) is 4.57. The van der Waals surface area contributed by atoms with E-state index in [0.29, 0.717) is 11.0 Å². The molecule has 0 spiro atoms. The minimum absolute atomic E-state index is 0.00241. The molecule has 0 radical (unpaired) electrons. The third kappa shape index (κ3) is 3.17. The Morgan fingerprint density at radius 3 is 2.37 bits per heavy atom. The average molecular weight is 296 g/mol. The molecule has 2 aromatic rings. The number of halogens is 2. The Hall–Kier alpha value is -1.32. The predicted molar refractivity (Wildman–Crippen MR) is 80.0 cm³/mol. The molecule has 1 N–H and O–H groups in total. The van der Waals surface area contributed by atoms with Crippen molar-refractivity contribution in [3.63, 3.8) is 0 Å². The molecule has 19 heavy (non-hydrogen) atoms. The average Bonchev–Trinajstić information content (AvgIpc) is 2.36. The SMILES string of the molecule is Cc1nc(Cl)c(NC(C)c2ccccc2Cl)nc1C. The number of hydrogen-bond acceptors (Lipinski definition) is 3. The van der Waals surface area contributed by atoms with Crippen LogP contribution in [0.1, 0.15) is 29.9 Å². The van der Waals surface area contributed by atoms with Gasteiger partial charge in [-0.2, -0.15) is 0 Å². The van der Waals surface area contributed by atoms with E-state index < -0.39 is 0 Å². The highest BCUT2D eigenvalue weighted by Gasteiger charge is 2.13. The van der Waals surface area contributed by atoms with Crippen LogP contribution in [0.3, 0.4) is 0 Å². The lowest BCUT2D eigenvalue weighted by Crippen LogP contribution is -2.10. The second-order valence-corrected chi connectivity index (χ2v) is 5.19. The van der Waals surface area contributed by atoms with Gasteiger partial charge in [-0.05, 0) is 32.4 Å². The normalized spacial score (nSPS) is 12.3. The zero-order valence-electron chi connectivity index (χ0n) is 11.0. The molecule has 1 heterocycles. The van der Waals surface area contributed by atoms with Crippen LogP contribution >= 0.6 is 23.2 Å². The highest BCUT2D eigenvalue weighted by Crippen LogP contribution is 2.27. The van der Waals surface area contributed by atoms with Crippen LogP contribution < -0.4 is 5.32 Å². The van der Waals surface area contributed by atoms with Crippen LogP contribution in [-0.4, -0.2) is 9.97 Å². The molecule has 0 saturated carbocycles. The number of aromatic nitrogens is 2. The van der Waals surface area contributed by atoms with E-state index in [-0.39, 0.29) is 6.04 Å². The van der Waals surface area contributed by atoms with Gasteiger partial charge in [0.25, 0.3) is 0 Å². The van der Waals surface area contributed by atoms with Crippen molar-refractivity contribution in [2.75, 3.05) is 5.32 Å². The molecule has 1 aromatic heterocycles. The summed E-state index contributed by atoms with van der Waals surface area (Å²) in [6.07, 6.45) is 0. The van der Waals surface area contributed by atoms with Crippen molar-refractivity contribution in [2.24, 2.45) is 0 Å². The summed E-state index contributed by atoms with van der Waals surface area (Å²) < 4.78 is 0. The maximum absolute atomic E-state index is 6.17. The van der Waals surface area contributed by atoms with Gasteiger partial charge in [-0.15, -0.1) is 0 Å². The van der Waals surface area contributed by atoms with Crippen molar-refractivity contribution in [3.8, 4) is 0 Å². The number of anilines is 1. The van der Waals surface area contributed by atoms with Crippen LogP contribution in [0, 0.1) is 13.8 Å². The Morgan fingerprint density at radius 1 is 1.05 bits per heavy atom. The van der Waals surface area contributed by atoms with Crippen LogP contribution in [-0.2, 0) is 0 Å². The second-order valence-electron chi connectivity index (χ2n) is 4.42. The molecular formula is C14H15Cl2N3. The van der Waals surface area contributed by atoms with Crippen molar-refractivity contribution in [2.45, 2.75) is 26.8 Å². The molecule has 1 aromatic carbocycles. The zero-order valence-corrected chi connectivity index (χ0v) is 12.5. The van der Waals surface area contributed by atoms with Crippen molar-refractivity contribution in [1.82, 2.24) is 9.97 Å². The van der Waals surface area contributed by atoms with E-state index in [1.54, 1.807) is 0 Å². The first kappa shape index (κ1) is 14.1. The number of benzene rings is 1. The fourth-order valence-electron chi connectivity index (χ4n) is 1.78. The lowest BCUT2D eigenvalue weighted by Gasteiger charge is -2.17. The fourth-order valence-corrected chi connectivity index (χ4v) is 2.30. The van der Waals surface area contributed by atoms with Crippen LogP contribution in [0.4, 0.5) is 5.82 Å². The number of rotatable bonds is 3. The van der Waals surface area contributed by atoms with Gasteiger partial charge in [0.2, 0.25) is 0 Å². The smallest absolute Gasteiger partial charge is 0.171 e. The second kappa shape index (κ2) is 5.76. The summed E-state index contributed by atoms with van der Waals surface area (Å²) in [5.41, 5.74) is 2.69. The summed E-state index contributed by atoms with van der Waals surface area (Å²) in [6.45, 7) is 5.80. The first-order valence-electron chi connectivity index (χ1n) is 6.00. The number of hydrogen-bond donors (Lipinski definition) is 1. The molecule has 0 aliphatic rings. The van der Waals surface area contributed by atoms with Crippen LogP contribution in [0.25, 0.3) is 0 Å². The molecule has 0 bridgehead atoms. The van der Waals surface area contributed by atoms with Gasteiger partial charge in [-0.1, -0.05) is 41.4 Å². The van der Waals surface area contributed by atoms with Crippen LogP contribution in [0.15, 0.2) is 24.3 Å². The molecule has 0 saturated heterocycles. The summed E-state index contributed by atoms with van der Waals surface area (Å²) in [5, 5.41) is 4.34. The molecular weight excluding hydrogens is 281 g/mol. The minimum Gasteiger partial charge on any atom is -0.361 e. The standard InChI is InChI=1S/C14H15Cl2N3/c1-8-9(2)18-14(13(16)17-8)19-10(3)11-6-4-5-7-12(11)15/h4-7,10H,1-3H3,(H,18,19). The van der Waals surface area contributed by atoms with E-state index in [0.717, 1.165) is 22.0 Å². The third-order valence-corrected chi connectivity index (χ3v) is 3.60. The minimum atomic E-state index is 0.00241. The molecule has 0 aliphatic heterocycles. The Balaban J connectivity index is 2.27. The lowest BCUT2D eigenvalue weighted by molar-refractivity contribution is 0.865. The summed E-state index contributed by atoms with van der Waals surface area (Å²) >= 11 is 12.3. The molecule has 0 amide bonds. The highest BCUT2D eigenvalue weighted by molar-refractivity contribution is 6.32. The summed E-state index contributed by atoms with van der Waals surface area (Å²) in [7, 11) is 0. The topological polar surface area (TPSA) is 37.8 Å². The first-order valence-corrected chi connectivity index (χ1v) is 6.76. The number of nitrogens with zero attached hydrogens (tertiary/aromatic N) is 2. The van der Waals surface area contributed by atoms with Gasteiger partial charge in [0.05, 0.1) is 17.4 Å². The van der Waals surface area contributed by atoms with Crippen LogP contribution in [0.5, 0.6) is 0 Å². The summed E-state index contributed by atoms with van der Waals surface area (Å²) in [6, 6.07) is 7.70. The molecule has 3 nitrogen and oxygen atoms in total. The van der Waals surface area contributed by atoms with Crippen molar-refractivity contribution in [1.29, 1.82) is 0 Å². The van der Waals surface area contributed by atoms with Gasteiger partial charge in [0.1, 0.15) is 0 Å². The Labute approximate surface area is 123 Å². The molecule has 1 atom stereocenters. The first-order chi connectivity index (χ1) is 8.99. The summed E-state index contributed by atoms with van der Waals surface area (Å²) in [4.78, 5) is 8.67. The van der Waals surface area contributed by atoms with Crippen molar-refractivity contribution >= 4 is 29.0 Å². The van der Waals surface area contributed by atoms with E-state index in [1.807, 2.05) is 45.0 Å². The van der Waals surface area contributed by atoms with Crippen LogP contribution in [0.2, 0.25) is 10.2 Å². The lowest BCUT2D eigenvalue weighted by atomic mass is 10.1. The van der Waals surface area contributed by atoms with Gasteiger partial charge in [-0.3, -0.25) is 0 Å². The van der Waals surface area contributed by atoms with Gasteiger partial charge >= 0.3 is 0 Å². The molecule has 0 fully saturated rings. The number of aryl methyl sites for hydroxylation is 2. The van der Waals surface area contributed by atoms with Crippen molar-refractivity contribution in [3.05, 3.63) is 51.4 Å². The molecule has 100 valence electrons. The Morgan fingerprint density at radius 2 is 1.68 bits per heavy atom. The number of nitrogens with one attached hydrogen (secondary N) is 1. The van der Waals surface area contributed by atoms with E-state index in [2.05, 4.69) is 15.3 Å². The van der Waals surface area contributed by atoms with Gasteiger partial charge < -0.3 is 5.32 Å². The largest absolute Gasteiger partial charge is 0.361 e. The quantitative estimate of drug-likeness (QED) is 0.901. The molecule has 2 rings (SSSR count). The van der Waals surface area contributed by atoms with E-state index in [1.165, 1.54) is 0 Å². The summed E-state index contributed by atoms with van der Waals surface area (Å²) in [5.74, 6) is 0.581. The van der Waals surface area contributed by atoms with Gasteiger partial charge in [0.15, 0.2) is 11.0 Å². The molecule has 1 unspecified atom stereocenters. The monoisotopic (exact) mass is 295 g/mol.